The van der Waals surface area contributed by atoms with E-state index in [1.807, 2.05) is 44.4 Å². The quantitative estimate of drug-likeness (QED) is 0.303. The topological polar surface area (TPSA) is 29.9 Å². The van der Waals surface area contributed by atoms with Crippen molar-refractivity contribution in [1.82, 2.24) is 4.98 Å². The maximum atomic E-state index is 8.44. The van der Waals surface area contributed by atoms with Crippen LogP contribution in [-0.4, -0.2) is 4.98 Å². The number of rotatable bonds is 3. The van der Waals surface area contributed by atoms with Gasteiger partial charge in [-0.15, -0.1) is 0 Å². The van der Waals surface area contributed by atoms with Crippen LogP contribution >= 0.6 is 0 Å². The largest absolute Gasteiger partial charge is 0.437 e. The van der Waals surface area contributed by atoms with Gasteiger partial charge in [0, 0.05) is 33.6 Å². The van der Waals surface area contributed by atoms with Crippen LogP contribution in [-0.2, 0) is 7.05 Å². The molecule has 3 nitrogen and oxygen atoms in total. The van der Waals surface area contributed by atoms with E-state index in [-0.39, 0.29) is 0 Å². The van der Waals surface area contributed by atoms with Crippen molar-refractivity contribution in [3.05, 3.63) is 83.7 Å². The lowest BCUT2D eigenvalue weighted by Gasteiger charge is -2.09. The molecule has 3 heteroatoms. The zero-order valence-corrected chi connectivity index (χ0v) is 18.2. The van der Waals surface area contributed by atoms with Crippen molar-refractivity contribution < 1.29 is 14.5 Å². The molecular formula is C28H27N2O+. The maximum Gasteiger partial charge on any atom is 0.227 e. The van der Waals surface area contributed by atoms with Gasteiger partial charge in [0.2, 0.25) is 11.4 Å². The second-order valence-electron chi connectivity index (χ2n) is 8.16. The summed E-state index contributed by atoms with van der Waals surface area (Å²) in [7, 11) is 1.99. The highest BCUT2D eigenvalue weighted by molar-refractivity contribution is 6.08. The van der Waals surface area contributed by atoms with Gasteiger partial charge in [-0.3, -0.25) is 0 Å². The predicted octanol–water partition coefficient (Wildman–Crippen LogP) is 6.88. The smallest absolute Gasteiger partial charge is 0.227 e. The van der Waals surface area contributed by atoms with Crippen molar-refractivity contribution in [3.8, 4) is 22.4 Å². The van der Waals surface area contributed by atoms with Gasteiger partial charge >= 0.3 is 0 Å². The third kappa shape index (κ3) is 3.31. The molecule has 0 bridgehead atoms. The van der Waals surface area contributed by atoms with E-state index < -0.39 is 12.7 Å². The Balaban J connectivity index is 1.63. The zero-order valence-electron chi connectivity index (χ0n) is 22.2. The van der Waals surface area contributed by atoms with Crippen molar-refractivity contribution in [1.29, 1.82) is 0 Å². The van der Waals surface area contributed by atoms with Crippen LogP contribution in [0, 0.1) is 13.8 Å². The number of hydrogen-bond donors (Lipinski definition) is 0. The molecule has 0 aliphatic rings. The molecule has 0 fully saturated rings. The Bertz CT molecular complexity index is 1600. The van der Waals surface area contributed by atoms with Crippen molar-refractivity contribution >= 4 is 22.1 Å². The van der Waals surface area contributed by atoms with Gasteiger partial charge in [0.05, 0.1) is 5.56 Å². The van der Waals surface area contributed by atoms with Crippen LogP contribution in [0.2, 0.25) is 0 Å². The minimum atomic E-state index is -2.42. The first-order chi connectivity index (χ1) is 16.5. The molecule has 31 heavy (non-hydrogen) atoms. The van der Waals surface area contributed by atoms with Crippen molar-refractivity contribution in [2.45, 2.75) is 33.5 Å². The Labute approximate surface area is 188 Å². The van der Waals surface area contributed by atoms with Crippen LogP contribution in [0.4, 0.5) is 0 Å². The number of pyridine rings is 2. The number of furan rings is 1. The summed E-state index contributed by atoms with van der Waals surface area (Å²) in [5.74, 6) is -1.69. The standard InChI is InChI=1S/C28H27N2O/c1-17(2)20-7-6-8-21(15-20)22-11-14-25(30(5)16-22)26-18(3)9-12-23-24-13-10-19(4)29-28(24)31-27(23)26/h6-17H,1-5H3/q+1/i1D3,17D. The molecule has 2 aromatic carbocycles. The van der Waals surface area contributed by atoms with Crippen molar-refractivity contribution in [3.63, 3.8) is 0 Å². The second-order valence-corrected chi connectivity index (χ2v) is 8.16. The third-order valence-electron chi connectivity index (χ3n) is 5.87. The molecule has 5 rings (SSSR count). The fraction of sp³-hybridized carbons (Fsp3) is 0.214. The van der Waals surface area contributed by atoms with Crippen LogP contribution in [0.5, 0.6) is 0 Å². The third-order valence-corrected chi connectivity index (χ3v) is 5.87. The van der Waals surface area contributed by atoms with Gasteiger partial charge in [0.25, 0.3) is 0 Å². The highest BCUT2D eigenvalue weighted by Crippen LogP contribution is 2.36. The Morgan fingerprint density at radius 1 is 1.00 bits per heavy atom. The van der Waals surface area contributed by atoms with Gasteiger partial charge in [-0.25, -0.2) is 9.55 Å². The van der Waals surface area contributed by atoms with E-state index in [0.717, 1.165) is 50.0 Å². The average Bonchev–Trinajstić information content (AvgIpc) is 3.16. The van der Waals surface area contributed by atoms with E-state index in [0.29, 0.717) is 11.3 Å². The fourth-order valence-electron chi connectivity index (χ4n) is 4.20. The SMILES string of the molecule is [2H]C([2H])([2H])C([2H])(C)c1cccc(-c2ccc(-c3c(C)ccc4c3oc3nc(C)ccc34)[n+](C)c2)c1. The number of hydrogen-bond acceptors (Lipinski definition) is 2. The number of fused-ring (bicyclic) bond motifs is 3. The molecule has 3 aromatic heterocycles. The van der Waals surface area contributed by atoms with E-state index in [1.54, 1.807) is 12.1 Å². The lowest BCUT2D eigenvalue weighted by atomic mass is 9.97. The van der Waals surface area contributed by atoms with Crippen LogP contribution in [0.15, 0.2) is 71.3 Å². The highest BCUT2D eigenvalue weighted by atomic mass is 16.3. The first-order valence-corrected chi connectivity index (χ1v) is 10.4. The van der Waals surface area contributed by atoms with Crippen LogP contribution in [0.1, 0.15) is 42.0 Å². The highest BCUT2D eigenvalue weighted by Gasteiger charge is 2.21. The van der Waals surface area contributed by atoms with Gasteiger partial charge in [-0.1, -0.05) is 50.2 Å². The molecule has 0 amide bonds. The Morgan fingerprint density at radius 2 is 1.84 bits per heavy atom. The molecule has 0 aliphatic carbocycles. The first-order valence-electron chi connectivity index (χ1n) is 12.4. The summed E-state index contributed by atoms with van der Waals surface area (Å²) >= 11 is 0. The predicted molar refractivity (Wildman–Crippen MR) is 127 cm³/mol. The molecule has 0 saturated carbocycles. The van der Waals surface area contributed by atoms with Crippen molar-refractivity contribution in [2.75, 3.05) is 0 Å². The second kappa shape index (κ2) is 7.35. The summed E-state index contributed by atoms with van der Waals surface area (Å²) in [6, 6.07) is 19.6. The first kappa shape index (κ1) is 15.4. The Kier molecular flexibility index (Phi) is 3.64. The van der Waals surface area contributed by atoms with E-state index in [2.05, 4.69) is 40.7 Å². The monoisotopic (exact) mass is 411 g/mol. The number of nitrogens with zero attached hydrogens (tertiary/aromatic N) is 2. The lowest BCUT2D eigenvalue weighted by Crippen LogP contribution is -2.31. The molecule has 3 heterocycles. The van der Waals surface area contributed by atoms with Gasteiger partial charge in [-0.2, -0.15) is 0 Å². The summed E-state index contributed by atoms with van der Waals surface area (Å²) in [4.78, 5) is 4.57. The Hall–Kier alpha value is -3.46. The fourth-order valence-corrected chi connectivity index (χ4v) is 4.20. The Morgan fingerprint density at radius 3 is 2.65 bits per heavy atom. The summed E-state index contributed by atoms with van der Waals surface area (Å²) < 4.78 is 40.1. The minimum absolute atomic E-state index is 0.465. The summed E-state index contributed by atoms with van der Waals surface area (Å²) in [6.07, 6.45) is 2.02. The van der Waals surface area contributed by atoms with E-state index >= 15 is 0 Å². The molecule has 0 radical (unpaired) electrons. The van der Waals surface area contributed by atoms with Crippen LogP contribution in [0.25, 0.3) is 44.5 Å². The molecule has 0 spiro atoms. The van der Waals surface area contributed by atoms with E-state index in [4.69, 9.17) is 9.90 Å². The summed E-state index contributed by atoms with van der Waals surface area (Å²) in [5.41, 5.74) is 7.74. The number of aryl methyl sites for hydroxylation is 3. The maximum absolute atomic E-state index is 8.44. The van der Waals surface area contributed by atoms with E-state index in [1.165, 1.54) is 6.92 Å². The van der Waals surface area contributed by atoms with Gasteiger partial charge < -0.3 is 4.42 Å². The molecule has 0 aliphatic heterocycles. The molecule has 1 atom stereocenters. The molecule has 0 N–H and O–H groups in total. The minimum Gasteiger partial charge on any atom is -0.437 e. The van der Waals surface area contributed by atoms with Gasteiger partial charge in [0.15, 0.2) is 11.8 Å². The van der Waals surface area contributed by atoms with Crippen LogP contribution < -0.4 is 4.57 Å². The number of aromatic nitrogens is 2. The molecule has 0 saturated heterocycles. The summed E-state index contributed by atoms with van der Waals surface area (Å²) in [6.45, 7) is 3.04. The van der Waals surface area contributed by atoms with Gasteiger partial charge in [0.1, 0.15) is 7.05 Å². The van der Waals surface area contributed by atoms with E-state index in [9.17, 15) is 0 Å². The molecule has 154 valence electrons. The molecule has 1 unspecified atom stereocenters. The molecule has 5 aromatic rings. The van der Waals surface area contributed by atoms with Crippen molar-refractivity contribution in [2.24, 2.45) is 7.05 Å². The van der Waals surface area contributed by atoms with Gasteiger partial charge in [-0.05, 0) is 54.6 Å². The zero-order chi connectivity index (χ0) is 25.1. The number of benzene rings is 2. The normalized spacial score (nSPS) is 15.9. The average molecular weight is 412 g/mol. The van der Waals surface area contributed by atoms with Crippen LogP contribution in [0.3, 0.4) is 0 Å². The lowest BCUT2D eigenvalue weighted by molar-refractivity contribution is -0.659. The summed E-state index contributed by atoms with van der Waals surface area (Å²) in [5, 5.41) is 2.03. The molecular weight excluding hydrogens is 380 g/mol.